The molecular formula is C12H10N3NaO4S. The molecule has 2 aromatic carbocycles. The van der Waals surface area contributed by atoms with Crippen LogP contribution in [0.15, 0.2) is 53.4 Å². The SMILES string of the molecule is O=S(=O)(On1nnc2ccccc21)c1ccc(O)cc1.[NaH]. The Labute approximate surface area is 142 Å². The van der Waals surface area contributed by atoms with Gasteiger partial charge < -0.3 is 5.11 Å². The molecule has 3 rings (SSSR count). The van der Waals surface area contributed by atoms with Crippen molar-refractivity contribution >= 4 is 50.7 Å². The molecule has 0 amide bonds. The van der Waals surface area contributed by atoms with Crippen LogP contribution in [0.1, 0.15) is 0 Å². The molecule has 0 unspecified atom stereocenters. The van der Waals surface area contributed by atoms with Crippen molar-refractivity contribution in [1.29, 1.82) is 0 Å². The summed E-state index contributed by atoms with van der Waals surface area (Å²) in [7, 11) is -4.04. The molecule has 104 valence electrons. The summed E-state index contributed by atoms with van der Waals surface area (Å²) in [5.74, 6) is -0.0323. The van der Waals surface area contributed by atoms with Crippen LogP contribution in [-0.4, -0.2) is 58.2 Å². The number of aromatic hydroxyl groups is 1. The van der Waals surface area contributed by atoms with Crippen molar-refractivity contribution in [1.82, 2.24) is 15.2 Å². The molecule has 1 N–H and O–H groups in total. The van der Waals surface area contributed by atoms with Crippen LogP contribution in [0, 0.1) is 0 Å². The van der Waals surface area contributed by atoms with E-state index in [1.54, 1.807) is 24.3 Å². The number of hydrogen-bond acceptors (Lipinski definition) is 6. The molecule has 9 heteroatoms. The van der Waals surface area contributed by atoms with Crippen LogP contribution in [0.4, 0.5) is 0 Å². The van der Waals surface area contributed by atoms with Gasteiger partial charge in [0.15, 0.2) is 0 Å². The van der Waals surface area contributed by atoms with Gasteiger partial charge in [-0.05, 0) is 41.6 Å². The van der Waals surface area contributed by atoms with Gasteiger partial charge in [-0.3, -0.25) is 4.28 Å². The third-order valence-corrected chi connectivity index (χ3v) is 3.80. The van der Waals surface area contributed by atoms with E-state index in [9.17, 15) is 8.42 Å². The van der Waals surface area contributed by atoms with E-state index in [1.165, 1.54) is 24.3 Å². The Kier molecular flexibility index (Phi) is 4.52. The molecule has 0 bridgehead atoms. The van der Waals surface area contributed by atoms with E-state index in [4.69, 9.17) is 9.39 Å². The normalized spacial score (nSPS) is 11.0. The van der Waals surface area contributed by atoms with Gasteiger partial charge in [0.2, 0.25) is 0 Å². The van der Waals surface area contributed by atoms with Crippen LogP contribution < -0.4 is 4.28 Å². The summed E-state index contributed by atoms with van der Waals surface area (Å²) in [5.41, 5.74) is 0.961. The van der Waals surface area contributed by atoms with E-state index < -0.39 is 10.1 Å². The first-order chi connectivity index (χ1) is 9.56. The predicted molar refractivity (Wildman–Crippen MR) is 76.5 cm³/mol. The maximum atomic E-state index is 12.1. The van der Waals surface area contributed by atoms with Gasteiger partial charge in [0.05, 0.1) is 0 Å². The molecule has 7 nitrogen and oxygen atoms in total. The fourth-order valence-electron chi connectivity index (χ4n) is 1.65. The van der Waals surface area contributed by atoms with Crippen LogP contribution in [0.25, 0.3) is 11.0 Å². The fourth-order valence-corrected chi connectivity index (χ4v) is 2.50. The number of rotatable bonds is 3. The third-order valence-electron chi connectivity index (χ3n) is 2.62. The van der Waals surface area contributed by atoms with E-state index in [0.29, 0.717) is 11.0 Å². The molecule has 0 aliphatic rings. The third kappa shape index (κ3) is 3.18. The number of para-hydroxylation sites is 1. The fraction of sp³-hybridized carbons (Fsp3) is 0. The van der Waals surface area contributed by atoms with Crippen molar-refractivity contribution in [3.63, 3.8) is 0 Å². The van der Waals surface area contributed by atoms with E-state index in [2.05, 4.69) is 10.3 Å². The Hall–Kier alpha value is -1.61. The van der Waals surface area contributed by atoms with E-state index in [0.717, 1.165) is 4.85 Å². The Morgan fingerprint density at radius 3 is 2.43 bits per heavy atom. The van der Waals surface area contributed by atoms with Gasteiger partial charge in [-0.15, -0.1) is 5.10 Å². The monoisotopic (exact) mass is 315 g/mol. The Morgan fingerprint density at radius 1 is 1.05 bits per heavy atom. The summed E-state index contributed by atoms with van der Waals surface area (Å²) in [4.78, 5) is 0.757. The van der Waals surface area contributed by atoms with Crippen LogP contribution >= 0.6 is 0 Å². The van der Waals surface area contributed by atoms with Crippen molar-refractivity contribution in [2.45, 2.75) is 4.90 Å². The minimum atomic E-state index is -4.04. The molecule has 0 aliphatic carbocycles. The van der Waals surface area contributed by atoms with Gasteiger partial charge >= 0.3 is 39.7 Å². The Bertz CT molecular complexity index is 862. The number of phenols is 1. The number of hydrogen-bond donors (Lipinski definition) is 1. The van der Waals surface area contributed by atoms with Crippen molar-refractivity contribution < 1.29 is 17.8 Å². The zero-order valence-corrected chi connectivity index (χ0v) is 10.9. The molecule has 0 saturated heterocycles. The predicted octanol–water partition coefficient (Wildman–Crippen LogP) is 0.306. The molecule has 0 spiro atoms. The van der Waals surface area contributed by atoms with Gasteiger partial charge in [-0.1, -0.05) is 17.0 Å². The molecule has 1 heterocycles. The standard InChI is InChI=1S/C12H9N3O4S.Na.H/c16-9-5-7-10(8-6-9)20(17,18)19-15-12-4-2-1-3-11(12)13-14-15;;/h1-8,16H;;. The number of nitrogens with zero attached hydrogens (tertiary/aromatic N) is 3. The van der Waals surface area contributed by atoms with Crippen LogP contribution in [0.3, 0.4) is 0 Å². The van der Waals surface area contributed by atoms with E-state index in [-0.39, 0.29) is 40.2 Å². The first kappa shape index (κ1) is 15.8. The molecule has 0 radical (unpaired) electrons. The van der Waals surface area contributed by atoms with Crippen molar-refractivity contribution in [2.75, 3.05) is 0 Å². The molecular weight excluding hydrogens is 305 g/mol. The summed E-state index contributed by atoms with van der Waals surface area (Å²) in [6.07, 6.45) is 0. The summed E-state index contributed by atoms with van der Waals surface area (Å²) in [5, 5.41) is 16.6. The topological polar surface area (TPSA) is 94.3 Å². The van der Waals surface area contributed by atoms with Gasteiger partial charge in [-0.25, -0.2) is 0 Å². The van der Waals surface area contributed by atoms with Crippen molar-refractivity contribution in [3.8, 4) is 5.75 Å². The van der Waals surface area contributed by atoms with Gasteiger partial charge in [0.1, 0.15) is 21.7 Å². The average Bonchev–Trinajstić information content (AvgIpc) is 2.82. The number of fused-ring (bicyclic) bond motifs is 1. The molecule has 0 saturated carbocycles. The number of aromatic nitrogens is 3. The summed E-state index contributed by atoms with van der Waals surface area (Å²) in [6.45, 7) is 0. The second-order valence-corrected chi connectivity index (χ2v) is 5.50. The van der Waals surface area contributed by atoms with E-state index >= 15 is 0 Å². The summed E-state index contributed by atoms with van der Waals surface area (Å²) < 4.78 is 29.0. The number of phenolic OH excluding ortho intramolecular Hbond substituents is 1. The second kappa shape index (κ2) is 6.02. The molecule has 21 heavy (non-hydrogen) atoms. The zero-order valence-electron chi connectivity index (χ0n) is 10.0. The van der Waals surface area contributed by atoms with Crippen molar-refractivity contribution in [2.24, 2.45) is 0 Å². The molecule has 0 aliphatic heterocycles. The quantitative estimate of drug-likeness (QED) is 0.699. The summed E-state index contributed by atoms with van der Waals surface area (Å²) >= 11 is 0. The molecule has 0 fully saturated rings. The molecule has 0 atom stereocenters. The summed E-state index contributed by atoms with van der Waals surface area (Å²) in [6, 6.07) is 11.8. The minimum absolute atomic E-state index is 0. The average molecular weight is 315 g/mol. The first-order valence-corrected chi connectivity index (χ1v) is 7.01. The van der Waals surface area contributed by atoms with Gasteiger partial charge in [-0.2, -0.15) is 8.42 Å². The zero-order chi connectivity index (χ0) is 14.2. The molecule has 3 aromatic rings. The van der Waals surface area contributed by atoms with Crippen LogP contribution in [0.5, 0.6) is 5.75 Å². The van der Waals surface area contributed by atoms with Crippen molar-refractivity contribution in [3.05, 3.63) is 48.5 Å². The van der Waals surface area contributed by atoms with Gasteiger partial charge in [0.25, 0.3) is 0 Å². The van der Waals surface area contributed by atoms with Crippen LogP contribution in [-0.2, 0) is 10.1 Å². The second-order valence-electron chi connectivity index (χ2n) is 3.97. The van der Waals surface area contributed by atoms with Gasteiger partial charge in [0, 0.05) is 0 Å². The van der Waals surface area contributed by atoms with Crippen LogP contribution in [0.2, 0.25) is 0 Å². The maximum absolute atomic E-state index is 12.1. The van der Waals surface area contributed by atoms with E-state index in [1.807, 2.05) is 0 Å². The Morgan fingerprint density at radius 2 is 1.71 bits per heavy atom. The Balaban J connectivity index is 0.00000161. The number of benzene rings is 2. The molecule has 1 aromatic heterocycles. The first-order valence-electron chi connectivity index (χ1n) is 5.61.